The first-order valence-electron chi connectivity index (χ1n) is 7.73. The van der Waals surface area contributed by atoms with E-state index in [4.69, 9.17) is 0 Å². The minimum Gasteiger partial charge on any atom is -0.478 e. The Bertz CT molecular complexity index is 1090. The van der Waals surface area contributed by atoms with E-state index in [0.717, 1.165) is 16.8 Å². The molecular weight excluding hydrogens is 316 g/mol. The number of carbonyl (C=O) groups is 1. The fraction of sp³-hybridized carbons (Fsp3) is 0.0526. The third kappa shape index (κ3) is 2.44. The first-order valence-corrected chi connectivity index (χ1v) is 7.73. The van der Waals surface area contributed by atoms with Crippen LogP contribution in [0.2, 0.25) is 0 Å². The Morgan fingerprint density at radius 2 is 1.80 bits per heavy atom. The van der Waals surface area contributed by atoms with E-state index in [1.165, 1.54) is 0 Å². The number of benzene rings is 2. The Kier molecular flexibility index (Phi) is 3.50. The van der Waals surface area contributed by atoms with E-state index in [-0.39, 0.29) is 5.56 Å². The van der Waals surface area contributed by atoms with Crippen LogP contribution >= 0.6 is 0 Å². The Labute approximate surface area is 143 Å². The average molecular weight is 330 g/mol. The van der Waals surface area contributed by atoms with E-state index in [1.54, 1.807) is 18.7 Å². The zero-order valence-electron chi connectivity index (χ0n) is 13.4. The summed E-state index contributed by atoms with van der Waals surface area (Å²) in [4.78, 5) is 16.3. The van der Waals surface area contributed by atoms with Crippen LogP contribution in [0.15, 0.2) is 61.2 Å². The third-order valence-electron chi connectivity index (χ3n) is 4.26. The number of aromatic carboxylic acids is 1. The molecule has 2 heterocycles. The molecule has 0 aliphatic heterocycles. The molecule has 0 fully saturated rings. The third-order valence-corrected chi connectivity index (χ3v) is 4.26. The lowest BCUT2D eigenvalue weighted by Crippen LogP contribution is -2.07. The highest BCUT2D eigenvalue weighted by Gasteiger charge is 2.19. The molecule has 122 valence electrons. The normalized spacial score (nSPS) is 10.9. The molecule has 0 saturated carbocycles. The maximum absolute atomic E-state index is 12.0. The summed E-state index contributed by atoms with van der Waals surface area (Å²) in [6.07, 6.45) is 4.86. The number of fused-ring (bicyclic) bond motifs is 1. The molecule has 0 spiro atoms. The molecule has 4 aromatic rings. The van der Waals surface area contributed by atoms with Gasteiger partial charge in [-0.3, -0.25) is 4.57 Å². The lowest BCUT2D eigenvalue weighted by atomic mass is 9.94. The second-order valence-electron chi connectivity index (χ2n) is 5.68. The van der Waals surface area contributed by atoms with Crippen molar-refractivity contribution in [3.8, 4) is 16.8 Å². The van der Waals surface area contributed by atoms with Gasteiger partial charge in [-0.05, 0) is 29.7 Å². The summed E-state index contributed by atoms with van der Waals surface area (Å²) >= 11 is 0. The molecule has 2 aromatic heterocycles. The van der Waals surface area contributed by atoms with Gasteiger partial charge in [0.1, 0.15) is 11.8 Å². The lowest BCUT2D eigenvalue weighted by molar-refractivity contribution is 0.0697. The van der Waals surface area contributed by atoms with Gasteiger partial charge in [-0.25, -0.2) is 9.78 Å². The average Bonchev–Trinajstić information content (AvgIpc) is 3.06. The maximum atomic E-state index is 12.0. The van der Waals surface area contributed by atoms with Gasteiger partial charge in [0.15, 0.2) is 0 Å². The van der Waals surface area contributed by atoms with Crippen molar-refractivity contribution in [2.24, 2.45) is 0 Å². The highest BCUT2D eigenvalue weighted by Crippen LogP contribution is 2.31. The van der Waals surface area contributed by atoms with Crippen molar-refractivity contribution < 1.29 is 9.90 Å². The minimum absolute atomic E-state index is 0.285. The number of imidazole rings is 1. The zero-order valence-corrected chi connectivity index (χ0v) is 13.4. The molecule has 0 atom stereocenters. The second-order valence-corrected chi connectivity index (χ2v) is 5.68. The predicted octanol–water partition coefficient (Wildman–Crippen LogP) is 3.49. The predicted molar refractivity (Wildman–Crippen MR) is 93.8 cm³/mol. The molecule has 6 heteroatoms. The Balaban J connectivity index is 1.97. The minimum atomic E-state index is -0.956. The summed E-state index contributed by atoms with van der Waals surface area (Å²) in [5.74, 6) is -0.956. The van der Waals surface area contributed by atoms with Crippen molar-refractivity contribution in [3.05, 3.63) is 72.3 Å². The molecule has 0 aliphatic rings. The van der Waals surface area contributed by atoms with E-state index in [2.05, 4.69) is 15.2 Å². The Morgan fingerprint density at radius 3 is 2.56 bits per heavy atom. The summed E-state index contributed by atoms with van der Waals surface area (Å²) in [5.41, 5.74) is 4.76. The summed E-state index contributed by atoms with van der Waals surface area (Å²) in [6.45, 7) is 1.81. The standard InChI is InChI=1S/C19H14N4O2/c1-12-16(23-11-20-15-9-21-22-10-17(15)23)8-7-14(18(12)19(24)25)13-5-3-2-4-6-13/h2-11H,1H3,(H,24,25). The van der Waals surface area contributed by atoms with Crippen LogP contribution in [0, 0.1) is 6.92 Å². The first-order chi connectivity index (χ1) is 12.2. The lowest BCUT2D eigenvalue weighted by Gasteiger charge is -2.15. The SMILES string of the molecule is Cc1c(-n2cnc3cnncc32)ccc(-c2ccccc2)c1C(=O)O. The second kappa shape index (κ2) is 5.83. The Hall–Kier alpha value is -3.54. The van der Waals surface area contributed by atoms with E-state index in [0.29, 0.717) is 16.6 Å². The number of aromatic nitrogens is 4. The van der Waals surface area contributed by atoms with Gasteiger partial charge < -0.3 is 5.11 Å². The number of carboxylic acid groups (broad SMARTS) is 1. The van der Waals surface area contributed by atoms with E-state index >= 15 is 0 Å². The monoisotopic (exact) mass is 330 g/mol. The van der Waals surface area contributed by atoms with Crippen LogP contribution in [-0.4, -0.2) is 30.8 Å². The smallest absolute Gasteiger partial charge is 0.336 e. The fourth-order valence-corrected chi connectivity index (χ4v) is 3.06. The molecule has 25 heavy (non-hydrogen) atoms. The summed E-state index contributed by atoms with van der Waals surface area (Å²) in [7, 11) is 0. The van der Waals surface area contributed by atoms with Gasteiger partial charge in [0.25, 0.3) is 0 Å². The molecule has 1 N–H and O–H groups in total. The number of hydrogen-bond donors (Lipinski definition) is 1. The number of nitrogens with zero attached hydrogens (tertiary/aromatic N) is 4. The highest BCUT2D eigenvalue weighted by atomic mass is 16.4. The topological polar surface area (TPSA) is 80.9 Å². The molecule has 0 radical (unpaired) electrons. The number of carboxylic acids is 1. The van der Waals surface area contributed by atoms with Crippen molar-refractivity contribution >= 4 is 17.0 Å². The van der Waals surface area contributed by atoms with Crippen LogP contribution in [-0.2, 0) is 0 Å². The molecule has 0 unspecified atom stereocenters. The van der Waals surface area contributed by atoms with Gasteiger partial charge in [0.05, 0.1) is 29.2 Å². The van der Waals surface area contributed by atoms with Crippen LogP contribution in [0.4, 0.5) is 0 Å². The van der Waals surface area contributed by atoms with Crippen molar-refractivity contribution in [1.82, 2.24) is 19.7 Å². The molecule has 4 rings (SSSR count). The molecule has 2 aromatic carbocycles. The van der Waals surface area contributed by atoms with Gasteiger partial charge in [-0.1, -0.05) is 36.4 Å². The van der Waals surface area contributed by atoms with Crippen LogP contribution < -0.4 is 0 Å². The summed E-state index contributed by atoms with van der Waals surface area (Å²) < 4.78 is 1.83. The van der Waals surface area contributed by atoms with Crippen molar-refractivity contribution in [2.45, 2.75) is 6.92 Å². The number of rotatable bonds is 3. The maximum Gasteiger partial charge on any atom is 0.336 e. The molecule has 6 nitrogen and oxygen atoms in total. The van der Waals surface area contributed by atoms with E-state index < -0.39 is 5.97 Å². The van der Waals surface area contributed by atoms with Crippen molar-refractivity contribution in [1.29, 1.82) is 0 Å². The van der Waals surface area contributed by atoms with Gasteiger partial charge in [0, 0.05) is 0 Å². The highest BCUT2D eigenvalue weighted by molar-refractivity contribution is 5.99. The van der Waals surface area contributed by atoms with Gasteiger partial charge in [0.2, 0.25) is 0 Å². The van der Waals surface area contributed by atoms with Crippen LogP contribution in [0.5, 0.6) is 0 Å². The van der Waals surface area contributed by atoms with Gasteiger partial charge >= 0.3 is 5.97 Å². The van der Waals surface area contributed by atoms with Crippen molar-refractivity contribution in [3.63, 3.8) is 0 Å². The van der Waals surface area contributed by atoms with Crippen LogP contribution in [0.3, 0.4) is 0 Å². The molecular formula is C19H14N4O2. The molecule has 0 amide bonds. The van der Waals surface area contributed by atoms with Crippen LogP contribution in [0.25, 0.3) is 27.8 Å². The van der Waals surface area contributed by atoms with E-state index in [1.807, 2.05) is 54.0 Å². The van der Waals surface area contributed by atoms with Gasteiger partial charge in [-0.15, -0.1) is 0 Å². The number of hydrogen-bond acceptors (Lipinski definition) is 4. The van der Waals surface area contributed by atoms with Crippen molar-refractivity contribution in [2.75, 3.05) is 0 Å². The fourth-order valence-electron chi connectivity index (χ4n) is 3.06. The summed E-state index contributed by atoms with van der Waals surface area (Å²) in [5, 5.41) is 17.5. The quantitative estimate of drug-likeness (QED) is 0.622. The first kappa shape index (κ1) is 15.0. The van der Waals surface area contributed by atoms with Gasteiger partial charge in [-0.2, -0.15) is 10.2 Å². The largest absolute Gasteiger partial charge is 0.478 e. The van der Waals surface area contributed by atoms with E-state index in [9.17, 15) is 9.90 Å². The van der Waals surface area contributed by atoms with Crippen LogP contribution in [0.1, 0.15) is 15.9 Å². The summed E-state index contributed by atoms with van der Waals surface area (Å²) in [6, 6.07) is 13.3. The zero-order chi connectivity index (χ0) is 17.4. The molecule has 0 aliphatic carbocycles. The Morgan fingerprint density at radius 1 is 1.04 bits per heavy atom. The molecule has 0 saturated heterocycles. The molecule has 0 bridgehead atoms.